The molecule has 2 N–H and O–H groups in total. The average Bonchev–Trinajstić information content (AvgIpc) is 2.03. The lowest BCUT2D eigenvalue weighted by Gasteiger charge is -2.08. The number of nitro benzene ring substituents is 1. The van der Waals surface area contributed by atoms with Gasteiger partial charge in [-0.2, -0.15) is 0 Å². The van der Waals surface area contributed by atoms with E-state index in [2.05, 4.69) is 0 Å². The highest BCUT2D eigenvalue weighted by atomic mass is 32.3. The Bertz CT molecular complexity index is 367. The van der Waals surface area contributed by atoms with Crippen LogP contribution in [0.3, 0.4) is 0 Å². The molecule has 6 nitrogen and oxygen atoms in total. The predicted octanol–water partition coefficient (Wildman–Crippen LogP) is 0.916. The Hall–Kier alpha value is -1.31. The highest BCUT2D eigenvalue weighted by molar-refractivity contribution is 7.92. The quantitative estimate of drug-likeness (QED) is 0.378. The average molecular weight is 205 g/mol. The molecule has 13 heavy (non-hydrogen) atoms. The molecular weight excluding hydrogens is 198 g/mol. The van der Waals surface area contributed by atoms with E-state index in [4.69, 9.17) is 9.11 Å². The van der Waals surface area contributed by atoms with Crippen LogP contribution >= 0.6 is 0 Å². The van der Waals surface area contributed by atoms with Gasteiger partial charge in [0.1, 0.15) is 0 Å². The summed E-state index contributed by atoms with van der Waals surface area (Å²) in [5, 5.41) is 10.2. The number of hydrogen-bond acceptors (Lipinski definition) is 3. The minimum atomic E-state index is -4.29. The van der Waals surface area contributed by atoms with Gasteiger partial charge in [-0.1, -0.05) is 0 Å². The van der Waals surface area contributed by atoms with Gasteiger partial charge in [0.15, 0.2) is 0 Å². The van der Waals surface area contributed by atoms with E-state index in [1.54, 1.807) is 0 Å². The maximum Gasteiger partial charge on any atom is 0.269 e. The van der Waals surface area contributed by atoms with Crippen LogP contribution in [0.1, 0.15) is 0 Å². The number of rotatable bonds is 2. The molecule has 0 aliphatic rings. The lowest BCUT2D eigenvalue weighted by Crippen LogP contribution is -2.07. The number of hydrogen-bond donors (Lipinski definition) is 3. The smallest absolute Gasteiger partial charge is 0.269 e. The summed E-state index contributed by atoms with van der Waals surface area (Å²) < 4.78 is 28.0. The summed E-state index contributed by atoms with van der Waals surface area (Å²) in [6.07, 6.45) is 0. The lowest BCUT2D eigenvalue weighted by atomic mass is 10.3. The van der Waals surface area contributed by atoms with Gasteiger partial charge in [-0.15, -0.1) is 0 Å². The van der Waals surface area contributed by atoms with Crippen LogP contribution in [0, 0.1) is 10.1 Å². The number of nitro groups is 1. The van der Waals surface area contributed by atoms with Crippen molar-refractivity contribution in [3.63, 3.8) is 0 Å². The van der Waals surface area contributed by atoms with E-state index in [1.807, 2.05) is 0 Å². The van der Waals surface area contributed by atoms with Gasteiger partial charge in [0.2, 0.25) is 0 Å². The van der Waals surface area contributed by atoms with Gasteiger partial charge in [0.05, 0.1) is 20.3 Å². The van der Waals surface area contributed by atoms with Gasteiger partial charge in [-0.25, -0.2) is 4.21 Å². The molecule has 0 saturated heterocycles. The molecule has 0 bridgehead atoms. The molecule has 0 spiro atoms. The van der Waals surface area contributed by atoms with Crippen LogP contribution in [0.5, 0.6) is 0 Å². The Kier molecular flexibility index (Phi) is 2.41. The second kappa shape index (κ2) is 3.21. The Morgan fingerprint density at radius 3 is 2.00 bits per heavy atom. The Balaban J connectivity index is 3.08. The zero-order valence-corrected chi connectivity index (χ0v) is 7.22. The number of non-ortho nitro benzene ring substituents is 1. The highest BCUT2D eigenvalue weighted by Gasteiger charge is 2.10. The summed E-state index contributed by atoms with van der Waals surface area (Å²) in [4.78, 5) is 9.31. The second-order valence-electron chi connectivity index (χ2n) is 2.32. The van der Waals surface area contributed by atoms with E-state index in [0.717, 1.165) is 24.3 Å². The van der Waals surface area contributed by atoms with Crippen LogP contribution < -0.4 is 0 Å². The third-order valence-corrected chi connectivity index (χ3v) is 2.37. The van der Waals surface area contributed by atoms with E-state index in [9.17, 15) is 14.3 Å². The van der Waals surface area contributed by atoms with Crippen molar-refractivity contribution < 1.29 is 18.2 Å². The maximum atomic E-state index is 10.6. The molecule has 7 heteroatoms. The van der Waals surface area contributed by atoms with E-state index >= 15 is 0 Å². The molecule has 0 amide bonds. The van der Waals surface area contributed by atoms with E-state index in [0.29, 0.717) is 0 Å². The molecule has 1 aromatic carbocycles. The van der Waals surface area contributed by atoms with E-state index in [1.165, 1.54) is 0 Å². The minimum Gasteiger partial charge on any atom is -0.306 e. The summed E-state index contributed by atoms with van der Waals surface area (Å²) in [6.45, 7) is 0. The zero-order chi connectivity index (χ0) is 10.1. The molecule has 0 fully saturated rings. The van der Waals surface area contributed by atoms with Crippen LogP contribution in [0.2, 0.25) is 0 Å². The molecule has 0 radical (unpaired) electrons. The van der Waals surface area contributed by atoms with Crippen LogP contribution in [-0.2, 0) is 10.5 Å². The van der Waals surface area contributed by atoms with Gasteiger partial charge in [0, 0.05) is 12.1 Å². The fourth-order valence-corrected chi connectivity index (χ4v) is 1.31. The number of benzene rings is 1. The SMILES string of the molecule is O=[N+]([O-])c1ccc([SH](=O)(O)O)cc1. The third-order valence-electron chi connectivity index (χ3n) is 1.40. The van der Waals surface area contributed by atoms with Crippen LogP contribution in [-0.4, -0.2) is 18.2 Å². The number of nitrogens with zero attached hydrogens (tertiary/aromatic N) is 1. The summed E-state index contributed by atoms with van der Waals surface area (Å²) in [6, 6.07) is 4.18. The highest BCUT2D eigenvalue weighted by Crippen LogP contribution is 2.17. The standard InChI is InChI=1S/C6H7NO5S/c8-7(9)5-1-3-6(4-2-5)13(10,11)12/h1-4,13H,(H2,10,11,12). The molecule has 1 aromatic rings. The van der Waals surface area contributed by atoms with Crippen molar-refractivity contribution >= 4 is 16.2 Å². The Labute approximate surface area is 74.4 Å². The molecule has 0 unspecified atom stereocenters. The topological polar surface area (TPSA) is 101 Å². The monoisotopic (exact) mass is 205 g/mol. The van der Waals surface area contributed by atoms with Gasteiger partial charge < -0.3 is 9.11 Å². The van der Waals surface area contributed by atoms with Gasteiger partial charge in [-0.05, 0) is 12.1 Å². The van der Waals surface area contributed by atoms with Crippen molar-refractivity contribution in [1.82, 2.24) is 0 Å². The molecular formula is C6H7NO5S. The molecule has 0 heterocycles. The largest absolute Gasteiger partial charge is 0.306 e. The molecule has 0 aliphatic heterocycles. The first-order valence-corrected chi connectivity index (χ1v) is 4.83. The fraction of sp³-hybridized carbons (Fsp3) is 0. The first-order chi connectivity index (χ1) is 5.91. The minimum absolute atomic E-state index is 0.197. The van der Waals surface area contributed by atoms with Crippen LogP contribution in [0.15, 0.2) is 29.2 Å². The molecule has 0 saturated carbocycles. The second-order valence-corrected chi connectivity index (χ2v) is 3.92. The first-order valence-electron chi connectivity index (χ1n) is 3.22. The third kappa shape index (κ3) is 2.31. The van der Waals surface area contributed by atoms with E-state index < -0.39 is 15.4 Å². The van der Waals surface area contributed by atoms with Crippen LogP contribution in [0.25, 0.3) is 0 Å². The van der Waals surface area contributed by atoms with Crippen molar-refractivity contribution in [2.75, 3.05) is 0 Å². The molecule has 1 rings (SSSR count). The van der Waals surface area contributed by atoms with E-state index in [-0.39, 0.29) is 10.6 Å². The van der Waals surface area contributed by atoms with Gasteiger partial charge >= 0.3 is 0 Å². The Morgan fingerprint density at radius 2 is 1.69 bits per heavy atom. The summed E-state index contributed by atoms with van der Waals surface area (Å²) in [7, 11) is -4.29. The molecule has 0 aromatic heterocycles. The molecule has 0 aliphatic carbocycles. The van der Waals surface area contributed by atoms with Crippen molar-refractivity contribution in [2.24, 2.45) is 0 Å². The molecule has 72 valence electrons. The lowest BCUT2D eigenvalue weighted by molar-refractivity contribution is -0.384. The summed E-state index contributed by atoms with van der Waals surface area (Å²) >= 11 is 0. The Morgan fingerprint density at radius 1 is 1.23 bits per heavy atom. The van der Waals surface area contributed by atoms with Crippen molar-refractivity contribution in [3.05, 3.63) is 34.4 Å². The predicted molar refractivity (Wildman–Crippen MR) is 46.2 cm³/mol. The van der Waals surface area contributed by atoms with Gasteiger partial charge in [0.25, 0.3) is 5.69 Å². The van der Waals surface area contributed by atoms with Crippen molar-refractivity contribution in [2.45, 2.75) is 4.90 Å². The van der Waals surface area contributed by atoms with Crippen molar-refractivity contribution in [3.8, 4) is 0 Å². The fourth-order valence-electron chi connectivity index (χ4n) is 0.769. The van der Waals surface area contributed by atoms with Crippen molar-refractivity contribution in [1.29, 1.82) is 0 Å². The first kappa shape index (κ1) is 9.78. The summed E-state index contributed by atoms with van der Waals surface area (Å²) in [5.41, 5.74) is -0.197. The van der Waals surface area contributed by atoms with Gasteiger partial charge in [-0.3, -0.25) is 10.1 Å². The summed E-state index contributed by atoms with van der Waals surface area (Å²) in [5.74, 6) is 0. The molecule has 0 atom stereocenters. The van der Waals surface area contributed by atoms with Crippen LogP contribution in [0.4, 0.5) is 5.69 Å². The zero-order valence-electron chi connectivity index (χ0n) is 6.32. The maximum absolute atomic E-state index is 10.6. The number of thiol groups is 1. The normalized spacial score (nSPS) is 12.5.